The lowest BCUT2D eigenvalue weighted by Gasteiger charge is -2.05. The van der Waals surface area contributed by atoms with E-state index in [0.717, 1.165) is 12.1 Å². The van der Waals surface area contributed by atoms with Crippen LogP contribution in [0.5, 0.6) is 0 Å². The number of carbonyl (C=O) groups excluding carboxylic acids is 1. The fourth-order valence-corrected chi connectivity index (χ4v) is 1.21. The first kappa shape index (κ1) is 8.10. The van der Waals surface area contributed by atoms with Gasteiger partial charge in [0.1, 0.15) is 5.82 Å². The van der Waals surface area contributed by atoms with Gasteiger partial charge in [0.2, 0.25) is 0 Å². The molecule has 2 rings (SSSR count). The number of benzene rings is 1. The summed E-state index contributed by atoms with van der Waals surface area (Å²) >= 11 is 0. The summed E-state index contributed by atoms with van der Waals surface area (Å²) in [6, 6.07) is 2.79. The first-order chi connectivity index (χ1) is 6.01. The van der Waals surface area contributed by atoms with Crippen LogP contribution in [0.15, 0.2) is 18.2 Å². The first-order valence-electron chi connectivity index (χ1n) is 3.51. The number of fused-ring (bicyclic) bond motifs is 1. The van der Waals surface area contributed by atoms with Gasteiger partial charge in [0.15, 0.2) is 0 Å². The Balaban J connectivity index is 2.64. The number of rotatable bonds is 0. The van der Waals surface area contributed by atoms with E-state index in [1.807, 2.05) is 5.32 Å². The topological polar surface area (TPSA) is 29.1 Å². The molecule has 1 aromatic carbocycles. The standard InChI is InChI=1S/C8H4F3NO/c9-4-1-2-6-5(3-4)8(10,11)7(13)12-6/h1-3H,(H,12,13). The third-order valence-corrected chi connectivity index (χ3v) is 1.85. The number of hydrogen-bond donors (Lipinski definition) is 1. The van der Waals surface area contributed by atoms with E-state index in [-0.39, 0.29) is 5.69 Å². The van der Waals surface area contributed by atoms with Crippen LogP contribution in [0, 0.1) is 5.82 Å². The zero-order valence-corrected chi connectivity index (χ0v) is 6.27. The van der Waals surface area contributed by atoms with Gasteiger partial charge in [0.25, 0.3) is 5.91 Å². The van der Waals surface area contributed by atoms with E-state index in [0.29, 0.717) is 6.07 Å². The third kappa shape index (κ3) is 0.998. The van der Waals surface area contributed by atoms with Crippen LogP contribution in [0.2, 0.25) is 0 Å². The number of amides is 1. The molecule has 68 valence electrons. The van der Waals surface area contributed by atoms with Gasteiger partial charge in [-0.25, -0.2) is 4.39 Å². The SMILES string of the molecule is O=C1Nc2ccc(F)cc2C1(F)F. The summed E-state index contributed by atoms with van der Waals surface area (Å²) in [6.07, 6.45) is 0. The van der Waals surface area contributed by atoms with Crippen molar-refractivity contribution in [3.05, 3.63) is 29.6 Å². The lowest BCUT2D eigenvalue weighted by molar-refractivity contribution is -0.139. The summed E-state index contributed by atoms with van der Waals surface area (Å²) < 4.78 is 38.4. The molecule has 0 radical (unpaired) electrons. The van der Waals surface area contributed by atoms with Crippen molar-refractivity contribution in [1.82, 2.24) is 0 Å². The maximum atomic E-state index is 12.9. The minimum absolute atomic E-state index is 0.0311. The number of anilines is 1. The second kappa shape index (κ2) is 2.25. The smallest absolute Gasteiger partial charge is 0.320 e. The van der Waals surface area contributed by atoms with Crippen molar-refractivity contribution in [2.75, 3.05) is 5.32 Å². The minimum atomic E-state index is -3.61. The number of carbonyl (C=O) groups is 1. The molecule has 0 aromatic heterocycles. The van der Waals surface area contributed by atoms with Gasteiger partial charge in [-0.15, -0.1) is 0 Å². The van der Waals surface area contributed by atoms with Gasteiger partial charge in [-0.05, 0) is 18.2 Å². The van der Waals surface area contributed by atoms with Gasteiger partial charge in [0.05, 0.1) is 11.3 Å². The van der Waals surface area contributed by atoms with E-state index in [4.69, 9.17) is 0 Å². The third-order valence-electron chi connectivity index (χ3n) is 1.85. The van der Waals surface area contributed by atoms with E-state index in [2.05, 4.69) is 0 Å². The van der Waals surface area contributed by atoms with Crippen molar-refractivity contribution >= 4 is 11.6 Å². The minimum Gasteiger partial charge on any atom is -0.320 e. The highest BCUT2D eigenvalue weighted by Gasteiger charge is 2.48. The summed E-state index contributed by atoms with van der Waals surface area (Å²) in [4.78, 5) is 10.7. The molecular formula is C8H4F3NO. The van der Waals surface area contributed by atoms with Crippen molar-refractivity contribution in [3.8, 4) is 0 Å². The maximum absolute atomic E-state index is 12.9. The van der Waals surface area contributed by atoms with Crippen LogP contribution in [-0.2, 0) is 10.7 Å². The van der Waals surface area contributed by atoms with Crippen LogP contribution in [-0.4, -0.2) is 5.91 Å². The molecule has 0 spiro atoms. The Kier molecular flexibility index (Phi) is 1.40. The van der Waals surface area contributed by atoms with Crippen molar-refractivity contribution in [3.63, 3.8) is 0 Å². The molecule has 1 aliphatic heterocycles. The Morgan fingerprint density at radius 1 is 1.31 bits per heavy atom. The average Bonchev–Trinajstić information content (AvgIpc) is 2.27. The highest BCUT2D eigenvalue weighted by molar-refractivity contribution is 6.03. The number of hydrogen-bond acceptors (Lipinski definition) is 1. The van der Waals surface area contributed by atoms with Crippen LogP contribution in [0.4, 0.5) is 18.9 Å². The molecule has 1 heterocycles. The highest BCUT2D eigenvalue weighted by Crippen LogP contribution is 2.40. The average molecular weight is 187 g/mol. The Bertz CT molecular complexity index is 389. The fourth-order valence-electron chi connectivity index (χ4n) is 1.21. The number of halogens is 3. The lowest BCUT2D eigenvalue weighted by atomic mass is 10.1. The molecule has 2 nitrogen and oxygen atoms in total. The molecule has 1 N–H and O–H groups in total. The van der Waals surface area contributed by atoms with E-state index in [1.54, 1.807) is 0 Å². The van der Waals surface area contributed by atoms with E-state index in [1.165, 1.54) is 0 Å². The molecule has 0 saturated heterocycles. The fraction of sp³-hybridized carbons (Fsp3) is 0.125. The maximum Gasteiger partial charge on any atom is 0.352 e. The summed E-state index contributed by atoms with van der Waals surface area (Å²) in [5, 5.41) is 1.96. The molecular weight excluding hydrogens is 183 g/mol. The van der Waals surface area contributed by atoms with Crippen molar-refractivity contribution in [2.24, 2.45) is 0 Å². The van der Waals surface area contributed by atoms with Gasteiger partial charge in [-0.2, -0.15) is 8.78 Å². The second-order valence-electron chi connectivity index (χ2n) is 2.72. The van der Waals surface area contributed by atoms with Crippen molar-refractivity contribution in [2.45, 2.75) is 5.92 Å². The predicted octanol–water partition coefficient (Wildman–Crippen LogP) is 1.87. The second-order valence-corrected chi connectivity index (χ2v) is 2.72. The Hall–Kier alpha value is -1.52. The molecule has 1 aliphatic rings. The van der Waals surface area contributed by atoms with E-state index < -0.39 is 23.2 Å². The first-order valence-corrected chi connectivity index (χ1v) is 3.51. The molecule has 0 bridgehead atoms. The van der Waals surface area contributed by atoms with Gasteiger partial charge in [-0.3, -0.25) is 4.79 Å². The zero-order chi connectivity index (χ0) is 9.64. The highest BCUT2D eigenvalue weighted by atomic mass is 19.3. The van der Waals surface area contributed by atoms with E-state index in [9.17, 15) is 18.0 Å². The van der Waals surface area contributed by atoms with Crippen LogP contribution in [0.25, 0.3) is 0 Å². The van der Waals surface area contributed by atoms with Gasteiger partial charge < -0.3 is 5.32 Å². The van der Waals surface area contributed by atoms with Gasteiger partial charge >= 0.3 is 5.92 Å². The molecule has 0 unspecified atom stereocenters. The van der Waals surface area contributed by atoms with Gasteiger partial charge in [0, 0.05) is 0 Å². The lowest BCUT2D eigenvalue weighted by Crippen LogP contribution is -2.23. The normalized spacial score (nSPS) is 18.2. The summed E-state index contributed by atoms with van der Waals surface area (Å²) in [5.74, 6) is -5.81. The van der Waals surface area contributed by atoms with Crippen molar-refractivity contribution < 1.29 is 18.0 Å². The van der Waals surface area contributed by atoms with E-state index >= 15 is 0 Å². The molecule has 0 saturated carbocycles. The largest absolute Gasteiger partial charge is 0.352 e. The summed E-state index contributed by atoms with van der Waals surface area (Å²) in [6.45, 7) is 0. The Labute approximate surface area is 71.4 Å². The van der Waals surface area contributed by atoms with Crippen LogP contribution >= 0.6 is 0 Å². The molecule has 1 amide bonds. The Morgan fingerprint density at radius 3 is 2.69 bits per heavy atom. The zero-order valence-electron chi connectivity index (χ0n) is 6.27. The molecule has 0 atom stereocenters. The Morgan fingerprint density at radius 2 is 2.00 bits per heavy atom. The molecule has 1 aromatic rings. The van der Waals surface area contributed by atoms with Crippen molar-refractivity contribution in [1.29, 1.82) is 0 Å². The molecule has 0 aliphatic carbocycles. The number of nitrogens with one attached hydrogen (secondary N) is 1. The molecule has 0 fully saturated rings. The monoisotopic (exact) mass is 187 g/mol. The predicted molar refractivity (Wildman–Crippen MR) is 38.9 cm³/mol. The van der Waals surface area contributed by atoms with Crippen LogP contribution in [0.1, 0.15) is 5.56 Å². The number of alkyl halides is 2. The van der Waals surface area contributed by atoms with Crippen LogP contribution < -0.4 is 5.32 Å². The van der Waals surface area contributed by atoms with Crippen LogP contribution in [0.3, 0.4) is 0 Å². The summed E-state index contributed by atoms with van der Waals surface area (Å²) in [5.41, 5.74) is -0.631. The molecule has 13 heavy (non-hydrogen) atoms. The summed E-state index contributed by atoms with van der Waals surface area (Å²) in [7, 11) is 0. The molecule has 5 heteroatoms. The quantitative estimate of drug-likeness (QED) is 0.659. The van der Waals surface area contributed by atoms with Gasteiger partial charge in [-0.1, -0.05) is 0 Å².